The predicted octanol–water partition coefficient (Wildman–Crippen LogP) is 3.95. The summed E-state index contributed by atoms with van der Waals surface area (Å²) in [6, 6.07) is 2.48. The van der Waals surface area contributed by atoms with Crippen LogP contribution in [0.2, 0.25) is 0 Å². The van der Waals surface area contributed by atoms with E-state index in [9.17, 15) is 24.6 Å². The number of carboxylic acids is 2. The van der Waals surface area contributed by atoms with E-state index in [1.807, 2.05) is 20.8 Å². The fourth-order valence-corrected chi connectivity index (χ4v) is 4.90. The highest BCUT2D eigenvalue weighted by Crippen LogP contribution is 2.39. The van der Waals surface area contributed by atoms with E-state index in [0.717, 1.165) is 22.2 Å². The second kappa shape index (κ2) is 11.3. The van der Waals surface area contributed by atoms with Gasteiger partial charge in [0.2, 0.25) is 0 Å². The minimum Gasteiger partial charge on any atom is -0.493 e. The van der Waals surface area contributed by atoms with Gasteiger partial charge < -0.3 is 19.7 Å². The fraction of sp³-hybridized carbons (Fsp3) is 0.455. The molecule has 0 bridgehead atoms. The molecule has 1 aliphatic rings. The second-order valence-corrected chi connectivity index (χ2v) is 8.71. The number of carboxylic acid groups (broad SMARTS) is 2. The van der Waals surface area contributed by atoms with Crippen LogP contribution in [0.3, 0.4) is 0 Å². The Morgan fingerprint density at radius 3 is 2.31 bits per heavy atom. The van der Waals surface area contributed by atoms with Crippen LogP contribution in [0.5, 0.6) is 11.5 Å². The van der Waals surface area contributed by atoms with Gasteiger partial charge in [-0.25, -0.2) is 0 Å². The Morgan fingerprint density at radius 2 is 1.78 bits per heavy atom. The van der Waals surface area contributed by atoms with Crippen LogP contribution >= 0.6 is 24.0 Å². The molecular formula is C22H27NO7S2. The van der Waals surface area contributed by atoms with E-state index in [-0.39, 0.29) is 15.6 Å². The molecule has 0 aliphatic carbocycles. The predicted molar refractivity (Wildman–Crippen MR) is 126 cm³/mol. The first-order chi connectivity index (χ1) is 15.2. The van der Waals surface area contributed by atoms with E-state index in [4.69, 9.17) is 21.7 Å². The Morgan fingerprint density at radius 1 is 1.16 bits per heavy atom. The minimum absolute atomic E-state index is 0.132. The van der Waals surface area contributed by atoms with Crippen LogP contribution in [0.25, 0.3) is 6.08 Å². The Labute approximate surface area is 196 Å². The highest BCUT2D eigenvalue weighted by atomic mass is 32.2. The molecule has 1 heterocycles. The zero-order chi connectivity index (χ0) is 24.0. The molecule has 1 fully saturated rings. The van der Waals surface area contributed by atoms with Gasteiger partial charge in [0.15, 0.2) is 5.92 Å². The topological polar surface area (TPSA) is 113 Å². The highest BCUT2D eigenvalue weighted by molar-refractivity contribution is 8.26. The molecule has 32 heavy (non-hydrogen) atoms. The first-order valence-electron chi connectivity index (χ1n) is 10.3. The summed E-state index contributed by atoms with van der Waals surface area (Å²) in [5, 5.41) is 18.9. The van der Waals surface area contributed by atoms with Crippen molar-refractivity contribution < 1.29 is 34.1 Å². The van der Waals surface area contributed by atoms with Gasteiger partial charge in [0, 0.05) is 11.1 Å². The van der Waals surface area contributed by atoms with Crippen LogP contribution in [-0.4, -0.2) is 56.5 Å². The number of amides is 1. The van der Waals surface area contributed by atoms with E-state index in [0.29, 0.717) is 36.7 Å². The summed E-state index contributed by atoms with van der Waals surface area (Å²) >= 11 is 6.36. The van der Waals surface area contributed by atoms with Crippen LogP contribution in [-0.2, 0) is 14.4 Å². The van der Waals surface area contributed by atoms with Crippen molar-refractivity contribution in [1.29, 1.82) is 0 Å². The molecule has 2 rings (SSSR count). The Kier molecular flexibility index (Phi) is 9.09. The van der Waals surface area contributed by atoms with Crippen LogP contribution in [0, 0.1) is 12.8 Å². The lowest BCUT2D eigenvalue weighted by atomic mass is 9.94. The Balaban J connectivity index is 2.49. The Bertz CT molecular complexity index is 930. The molecule has 1 aromatic rings. The van der Waals surface area contributed by atoms with Gasteiger partial charge in [-0.2, -0.15) is 0 Å². The summed E-state index contributed by atoms with van der Waals surface area (Å²) < 4.78 is 11.5. The van der Waals surface area contributed by atoms with Crippen molar-refractivity contribution in [3.05, 3.63) is 28.2 Å². The molecule has 0 spiro atoms. The summed E-state index contributed by atoms with van der Waals surface area (Å²) in [5.74, 6) is -4.05. The summed E-state index contributed by atoms with van der Waals surface area (Å²) in [4.78, 5) is 37.9. The third kappa shape index (κ3) is 5.42. The van der Waals surface area contributed by atoms with Crippen molar-refractivity contribution >= 4 is 52.2 Å². The average molecular weight is 482 g/mol. The van der Waals surface area contributed by atoms with E-state index < -0.39 is 29.8 Å². The number of thiocarbonyl (C=S) groups is 1. The van der Waals surface area contributed by atoms with Crippen LogP contribution in [0.15, 0.2) is 17.0 Å². The largest absolute Gasteiger partial charge is 0.493 e. The monoisotopic (exact) mass is 481 g/mol. The SMILES string of the molecule is CCCC(C(C(=O)O)C(=O)O)N1C(=O)/C(=C\c2ccc(OCC)c(C)c2OCC)SC1=S. The highest BCUT2D eigenvalue weighted by Gasteiger charge is 2.45. The number of hydrogen-bond acceptors (Lipinski definition) is 7. The molecule has 2 N–H and O–H groups in total. The molecule has 0 radical (unpaired) electrons. The first-order valence-corrected chi connectivity index (χ1v) is 11.5. The normalized spacial score (nSPS) is 16.0. The van der Waals surface area contributed by atoms with Gasteiger partial charge in [-0.3, -0.25) is 19.3 Å². The second-order valence-electron chi connectivity index (χ2n) is 7.03. The summed E-state index contributed by atoms with van der Waals surface area (Å²) in [5.41, 5.74) is 1.44. The van der Waals surface area contributed by atoms with E-state index >= 15 is 0 Å². The maximum absolute atomic E-state index is 13.2. The van der Waals surface area contributed by atoms with Crippen molar-refractivity contribution in [2.24, 2.45) is 5.92 Å². The molecule has 1 atom stereocenters. The molecule has 8 nitrogen and oxygen atoms in total. The van der Waals surface area contributed by atoms with Crippen molar-refractivity contribution in [2.75, 3.05) is 13.2 Å². The summed E-state index contributed by atoms with van der Waals surface area (Å²) in [7, 11) is 0. The summed E-state index contributed by atoms with van der Waals surface area (Å²) in [6.07, 6.45) is 2.31. The van der Waals surface area contributed by atoms with Gasteiger partial charge in [0.05, 0.1) is 24.2 Å². The summed E-state index contributed by atoms with van der Waals surface area (Å²) in [6.45, 7) is 8.29. The van der Waals surface area contributed by atoms with Crippen molar-refractivity contribution in [3.63, 3.8) is 0 Å². The number of thioether (sulfide) groups is 1. The molecule has 1 saturated heterocycles. The molecule has 1 amide bonds. The molecule has 10 heteroatoms. The molecule has 1 aromatic carbocycles. The molecule has 1 unspecified atom stereocenters. The fourth-order valence-electron chi connectivity index (χ4n) is 3.54. The third-order valence-corrected chi connectivity index (χ3v) is 6.25. The van der Waals surface area contributed by atoms with Gasteiger partial charge in [0.25, 0.3) is 5.91 Å². The van der Waals surface area contributed by atoms with Crippen LogP contribution in [0.4, 0.5) is 0 Å². The molecule has 1 aliphatic heterocycles. The first kappa shape index (κ1) is 25.7. The molecule has 174 valence electrons. The van der Waals surface area contributed by atoms with E-state index in [1.54, 1.807) is 25.1 Å². The number of aliphatic carboxylic acids is 2. The number of benzene rings is 1. The van der Waals surface area contributed by atoms with Gasteiger partial charge in [-0.05, 0) is 45.4 Å². The van der Waals surface area contributed by atoms with Crippen LogP contribution < -0.4 is 9.47 Å². The standard InChI is InChI=1S/C22H27NO7S2/c1-5-8-14(17(20(25)26)21(27)28)23-19(24)16(32-22(23)31)11-13-9-10-15(29-6-2)12(4)18(13)30-7-3/h9-11,14,17H,5-8H2,1-4H3,(H,25,26)(H,27,28)/b16-11+. The zero-order valence-corrected chi connectivity index (χ0v) is 20.0. The number of carbonyl (C=O) groups is 3. The quantitative estimate of drug-likeness (QED) is 0.275. The molecular weight excluding hydrogens is 454 g/mol. The van der Waals surface area contributed by atoms with E-state index in [1.165, 1.54) is 0 Å². The number of nitrogens with zero attached hydrogens (tertiary/aromatic N) is 1. The lowest BCUT2D eigenvalue weighted by Gasteiger charge is -2.29. The van der Waals surface area contributed by atoms with Crippen molar-refractivity contribution in [1.82, 2.24) is 4.90 Å². The number of carbonyl (C=O) groups excluding carboxylic acids is 1. The van der Waals surface area contributed by atoms with Gasteiger partial charge in [-0.15, -0.1) is 0 Å². The van der Waals surface area contributed by atoms with Crippen molar-refractivity contribution in [3.8, 4) is 11.5 Å². The molecule has 0 saturated carbocycles. The van der Waals surface area contributed by atoms with Crippen LogP contribution in [0.1, 0.15) is 44.7 Å². The van der Waals surface area contributed by atoms with Gasteiger partial charge in [-0.1, -0.05) is 37.3 Å². The average Bonchev–Trinajstić information content (AvgIpc) is 2.99. The van der Waals surface area contributed by atoms with Crippen molar-refractivity contribution in [2.45, 2.75) is 46.6 Å². The smallest absolute Gasteiger partial charge is 0.320 e. The minimum atomic E-state index is -1.77. The lowest BCUT2D eigenvalue weighted by Crippen LogP contribution is -2.48. The number of rotatable bonds is 11. The number of ether oxygens (including phenoxy) is 2. The molecule has 0 aromatic heterocycles. The van der Waals surface area contributed by atoms with E-state index in [2.05, 4.69) is 0 Å². The van der Waals surface area contributed by atoms with Gasteiger partial charge >= 0.3 is 11.9 Å². The third-order valence-electron chi connectivity index (χ3n) is 4.92. The van der Waals surface area contributed by atoms with Gasteiger partial charge in [0.1, 0.15) is 15.8 Å². The Hall–Kier alpha value is -2.59. The maximum atomic E-state index is 13.2. The lowest BCUT2D eigenvalue weighted by molar-refractivity contribution is -0.157. The zero-order valence-electron chi connectivity index (χ0n) is 18.4. The number of hydrogen-bond donors (Lipinski definition) is 2. The maximum Gasteiger partial charge on any atom is 0.320 e.